The summed E-state index contributed by atoms with van der Waals surface area (Å²) in [6.07, 6.45) is -62.6. The van der Waals surface area contributed by atoms with Gasteiger partial charge in [-0.25, -0.2) is 9.59 Å². The second kappa shape index (κ2) is 38.5. The minimum Gasteiger partial charge on any atom is -0.479 e. The molecule has 0 aliphatic carbocycles. The molecule has 0 amide bonds. The summed E-state index contributed by atoms with van der Waals surface area (Å²) in [5, 5.41) is 257. The number of hydrogen-bond donors (Lipinski definition) is 25. The average molecular weight is 1580 g/mol. The first-order chi connectivity index (χ1) is 50.2. The van der Waals surface area contributed by atoms with Crippen molar-refractivity contribution in [1.82, 2.24) is 0 Å². The molecule has 0 aromatic heterocycles. The van der Waals surface area contributed by atoms with Crippen molar-refractivity contribution >= 4 is 11.9 Å². The van der Waals surface area contributed by atoms with Crippen molar-refractivity contribution in [3.63, 3.8) is 0 Å². The monoisotopic (exact) mass is 1580 g/mol. The Balaban J connectivity index is 0.000000234. The Kier molecular flexibility index (Phi) is 33.0. The summed E-state index contributed by atoms with van der Waals surface area (Å²) in [6.45, 7) is 17.2. The lowest BCUT2D eigenvalue weighted by Gasteiger charge is -2.49. The summed E-state index contributed by atoms with van der Waals surface area (Å²) in [5.41, 5.74) is -1.26. The van der Waals surface area contributed by atoms with E-state index in [1.54, 1.807) is 34.6 Å². The molecule has 0 saturated carbocycles. The SMILES string of the molecule is CC1OC(OC2C(O)C(C(=O)O)OC(C(C)(C)C)C2O)C(O)C(OC2OC(CO)C(O)C(C)C2O)C1O.CC[C@H]1O[C@@H](O[C@H]2[C@H](O[C@H]3[C@H](O)[C@@H](OC4O[C@@H](C)[C@H](O)[C@@H](O)[C@H]4O)[C@H](C)O[C@@H]3C(=O)O)O[C@H](CO)[C@H](O)[C@@H]2O)[C@H](O)[C@@H](O)[C@@H]1O.C[C@@H]1[C@@H](O)[C@H](O[C@H]2[C@H](O)[C@@H](CO)OC(C(C)(C)C)[C@@H]2O)O[C@H](CO)[C@H]1O. The number of aliphatic hydroxyl groups is 23. The van der Waals surface area contributed by atoms with Gasteiger partial charge in [-0.1, -0.05) is 62.3 Å². The summed E-state index contributed by atoms with van der Waals surface area (Å²) in [5.74, 6) is -4.50. The van der Waals surface area contributed by atoms with Crippen molar-refractivity contribution in [2.75, 3.05) is 26.4 Å². The Labute approximate surface area is 620 Å². The predicted molar refractivity (Wildman–Crippen MR) is 349 cm³/mol. The molecule has 632 valence electrons. The quantitative estimate of drug-likeness (QED) is 0.0571. The van der Waals surface area contributed by atoms with Crippen LogP contribution in [0.3, 0.4) is 0 Å². The van der Waals surface area contributed by atoms with E-state index in [9.17, 15) is 137 Å². The van der Waals surface area contributed by atoms with Crippen LogP contribution in [0.15, 0.2) is 0 Å². The van der Waals surface area contributed by atoms with E-state index in [-0.39, 0.29) is 6.42 Å². The standard InChI is InChI=1S/C26H44O19.C23H40O14.C17H32O9/c1-4-8-11(29)14(32)17(35)25(41-8)45-21-15(33)12(30)9(5-27)42-26(21)44-20-18(36)19(7(3)39-22(20)23(37)38)43-24-16(34)13(31)10(28)6(2)40-24;1-7-10(25)9(6-24)34-21(11(7)26)36-16-12(27)8(2)33-22(15(16)30)37-17-13(28)18(20(31)32)35-19(14(17)29)23(3,4)5;1-7-10(20)8(5-18)25-16(11(7)21)26-14-12(22)9(6-19)24-15(13(14)23)17(2,3)4/h6-22,24-36H,4-5H2,1-3H3,(H,37,38);7-19,21-22,24-30H,6H2,1-5H3,(H,31,32);7-16,18-23H,5-6H2,1-4H3/t6-,7-,8+,9+,10-,11+,12-,13+,14-,15-,16+,17+,18+,19-,20-,21+,22-,24?,25-,26-;;7-,8+,9+,10-,11+,12+,13+,14-,15?,16-/m0.0/s1. The van der Waals surface area contributed by atoms with Crippen molar-refractivity contribution in [2.45, 2.75) is 353 Å². The number of carbonyl (C=O) groups is 2. The molecule has 0 aromatic carbocycles. The van der Waals surface area contributed by atoms with Crippen molar-refractivity contribution < 1.29 is 208 Å². The highest BCUT2D eigenvalue weighted by Crippen LogP contribution is 2.42. The van der Waals surface area contributed by atoms with E-state index in [4.69, 9.17) is 71.1 Å². The van der Waals surface area contributed by atoms with Crippen molar-refractivity contribution in [2.24, 2.45) is 22.7 Å². The van der Waals surface area contributed by atoms with Gasteiger partial charge < -0.3 is 199 Å². The van der Waals surface area contributed by atoms with E-state index < -0.39 is 325 Å². The molecular formula is C66H116O42. The minimum absolute atomic E-state index is 0.170. The third-order valence-corrected chi connectivity index (χ3v) is 21.1. The maximum atomic E-state index is 12.2. The highest BCUT2D eigenvalue weighted by molar-refractivity contribution is 5.74. The Morgan fingerprint density at radius 3 is 1.07 bits per heavy atom. The van der Waals surface area contributed by atoms with Crippen molar-refractivity contribution in [3.8, 4) is 0 Å². The lowest BCUT2D eigenvalue weighted by atomic mass is 9.80. The van der Waals surface area contributed by atoms with Gasteiger partial charge in [0.1, 0.15) is 165 Å². The van der Waals surface area contributed by atoms with Gasteiger partial charge in [-0.2, -0.15) is 0 Å². The summed E-state index contributed by atoms with van der Waals surface area (Å²) in [4.78, 5) is 23.9. The number of rotatable bonds is 19. The van der Waals surface area contributed by atoms with Gasteiger partial charge in [0, 0.05) is 11.8 Å². The summed E-state index contributed by atoms with van der Waals surface area (Å²) in [7, 11) is 0. The van der Waals surface area contributed by atoms with E-state index in [1.165, 1.54) is 27.7 Å². The molecule has 0 bridgehead atoms. The number of hydrogen-bond acceptors (Lipinski definition) is 40. The largest absolute Gasteiger partial charge is 0.479 e. The first-order valence-corrected chi connectivity index (χ1v) is 35.9. The molecule has 0 spiro atoms. The van der Waals surface area contributed by atoms with Crippen LogP contribution in [0.25, 0.3) is 0 Å². The van der Waals surface area contributed by atoms with Gasteiger partial charge >= 0.3 is 11.9 Å². The van der Waals surface area contributed by atoms with E-state index in [1.807, 2.05) is 20.8 Å². The summed E-state index contributed by atoms with van der Waals surface area (Å²) >= 11 is 0. The lowest BCUT2D eigenvalue weighted by molar-refractivity contribution is -0.385. The van der Waals surface area contributed by atoms with Crippen LogP contribution in [-0.2, 0) is 80.6 Å². The smallest absolute Gasteiger partial charge is 0.335 e. The zero-order valence-electron chi connectivity index (χ0n) is 61.6. The maximum Gasteiger partial charge on any atom is 0.335 e. The van der Waals surface area contributed by atoms with Crippen LogP contribution in [0, 0.1) is 22.7 Å². The fourth-order valence-electron chi connectivity index (χ4n) is 14.3. The normalized spacial score (nSPS) is 50.5. The van der Waals surface area contributed by atoms with Gasteiger partial charge in [0.2, 0.25) is 0 Å². The van der Waals surface area contributed by atoms with Crippen LogP contribution in [0.1, 0.15) is 89.5 Å². The Bertz CT molecular complexity index is 2750. The third kappa shape index (κ3) is 20.3. The van der Waals surface area contributed by atoms with Crippen LogP contribution in [-0.4, -0.2) is 430 Å². The Hall–Kier alpha value is -2.58. The highest BCUT2D eigenvalue weighted by Gasteiger charge is 2.60. The maximum absolute atomic E-state index is 12.2. The second-order valence-electron chi connectivity index (χ2n) is 31.1. The molecular weight excluding hydrogens is 1460 g/mol. The molecule has 9 aliphatic heterocycles. The molecule has 108 heavy (non-hydrogen) atoms. The molecule has 0 aromatic rings. The molecule has 42 heteroatoms. The first kappa shape index (κ1) is 92.6. The summed E-state index contributed by atoms with van der Waals surface area (Å²) < 4.78 is 83.9. The van der Waals surface area contributed by atoms with Crippen molar-refractivity contribution in [3.05, 3.63) is 0 Å². The molecule has 9 saturated heterocycles. The number of aliphatic carboxylic acids is 2. The predicted octanol–water partition coefficient (Wildman–Crippen LogP) is -11.2. The van der Waals surface area contributed by atoms with E-state index in [0.717, 1.165) is 0 Å². The molecule has 25 N–H and O–H groups in total. The number of ether oxygens (including phenoxy) is 15. The first-order valence-electron chi connectivity index (χ1n) is 35.9. The van der Waals surface area contributed by atoms with E-state index in [2.05, 4.69) is 0 Å². The molecule has 9 heterocycles. The molecule has 9 rings (SSSR count). The second-order valence-corrected chi connectivity index (χ2v) is 31.1. The van der Waals surface area contributed by atoms with Gasteiger partial charge in [-0.3, -0.25) is 0 Å². The van der Waals surface area contributed by atoms with E-state index >= 15 is 0 Å². The minimum atomic E-state index is -1.93. The highest BCUT2D eigenvalue weighted by atomic mass is 16.8. The molecule has 9 aliphatic rings. The zero-order valence-corrected chi connectivity index (χ0v) is 61.6. The van der Waals surface area contributed by atoms with Crippen LogP contribution < -0.4 is 0 Å². The van der Waals surface area contributed by atoms with Crippen LogP contribution in [0.4, 0.5) is 0 Å². The Morgan fingerprint density at radius 1 is 0.278 bits per heavy atom. The van der Waals surface area contributed by atoms with Crippen molar-refractivity contribution in [1.29, 1.82) is 0 Å². The zero-order chi connectivity index (χ0) is 81.3. The van der Waals surface area contributed by atoms with Gasteiger partial charge in [0.05, 0.1) is 75.3 Å². The van der Waals surface area contributed by atoms with Crippen LogP contribution in [0.2, 0.25) is 0 Å². The molecule has 45 atom stereocenters. The van der Waals surface area contributed by atoms with E-state index in [0.29, 0.717) is 0 Å². The number of carboxylic acids is 2. The van der Waals surface area contributed by atoms with Crippen LogP contribution >= 0.6 is 0 Å². The molecule has 17 unspecified atom stereocenters. The number of carboxylic acid groups (broad SMARTS) is 2. The fourth-order valence-corrected chi connectivity index (χ4v) is 14.3. The molecule has 9 fully saturated rings. The topological polar surface area (TPSA) is 678 Å². The third-order valence-electron chi connectivity index (χ3n) is 21.1. The Morgan fingerprint density at radius 2 is 0.620 bits per heavy atom. The summed E-state index contributed by atoms with van der Waals surface area (Å²) in [6, 6.07) is 0. The number of aliphatic hydroxyl groups excluding tert-OH is 23. The van der Waals surface area contributed by atoms with Crippen LogP contribution in [0.5, 0.6) is 0 Å². The molecule has 0 radical (unpaired) electrons. The van der Waals surface area contributed by atoms with Gasteiger partial charge in [-0.05, 0) is 38.0 Å². The molecule has 42 nitrogen and oxygen atoms in total. The average Bonchev–Trinajstić information content (AvgIpc) is 0.764. The van der Waals surface area contributed by atoms with Gasteiger partial charge in [0.25, 0.3) is 0 Å². The fraction of sp³-hybridized carbons (Fsp3) is 0.970. The lowest BCUT2D eigenvalue weighted by Crippen LogP contribution is -2.67. The van der Waals surface area contributed by atoms with Gasteiger partial charge in [0.15, 0.2) is 49.9 Å². The van der Waals surface area contributed by atoms with Gasteiger partial charge in [-0.15, -0.1) is 0 Å².